The zero-order valence-corrected chi connectivity index (χ0v) is 13.5. The first-order valence-corrected chi connectivity index (χ1v) is 8.13. The molecule has 0 bridgehead atoms. The Labute approximate surface area is 124 Å². The van der Waals surface area contributed by atoms with E-state index in [1.807, 2.05) is 6.08 Å². The van der Waals surface area contributed by atoms with E-state index in [-0.39, 0.29) is 0 Å². The molecule has 112 valence electrons. The number of hydrogen-bond donors (Lipinski definition) is 0. The van der Waals surface area contributed by atoms with E-state index in [0.717, 1.165) is 37.2 Å². The lowest BCUT2D eigenvalue weighted by Crippen LogP contribution is -2.03. The number of Topliss-reactive ketones (excluding diaryl/α,β-unsaturated/α-hetero) is 1. The highest BCUT2D eigenvalue weighted by atomic mass is 16.1. The van der Waals surface area contributed by atoms with Crippen LogP contribution >= 0.6 is 0 Å². The first kappa shape index (κ1) is 16.9. The lowest BCUT2D eigenvalue weighted by molar-refractivity contribution is -0.115. The molecule has 1 aliphatic rings. The van der Waals surface area contributed by atoms with Crippen molar-refractivity contribution in [3.05, 3.63) is 35.5 Å². The summed E-state index contributed by atoms with van der Waals surface area (Å²) in [7, 11) is 0. The summed E-state index contributed by atoms with van der Waals surface area (Å²) in [6.07, 6.45) is 17.3. The Hall–Kier alpha value is -1.11. The summed E-state index contributed by atoms with van der Waals surface area (Å²) >= 11 is 0. The summed E-state index contributed by atoms with van der Waals surface area (Å²) in [6.45, 7) is 6.64. The number of carbonyl (C=O) groups excluding carboxylic acids is 1. The normalized spacial score (nSPS) is 15.7. The minimum absolute atomic E-state index is 0.332. The Morgan fingerprint density at radius 3 is 2.70 bits per heavy atom. The highest BCUT2D eigenvalue weighted by molar-refractivity contribution is 5.98. The first-order valence-electron chi connectivity index (χ1n) is 8.13. The average Bonchev–Trinajstić information content (AvgIpc) is 2.44. The van der Waals surface area contributed by atoms with Gasteiger partial charge < -0.3 is 0 Å². The van der Waals surface area contributed by atoms with E-state index < -0.39 is 0 Å². The molecule has 0 aromatic carbocycles. The van der Waals surface area contributed by atoms with Crippen LogP contribution in [0.15, 0.2) is 35.5 Å². The van der Waals surface area contributed by atoms with Crippen molar-refractivity contribution >= 4 is 5.78 Å². The topological polar surface area (TPSA) is 17.1 Å². The number of hydrogen-bond acceptors (Lipinski definition) is 1. The van der Waals surface area contributed by atoms with E-state index in [9.17, 15) is 4.79 Å². The molecule has 0 aromatic rings. The molecule has 0 amide bonds. The molecule has 0 saturated heterocycles. The molecule has 0 saturated carbocycles. The Morgan fingerprint density at radius 1 is 1.25 bits per heavy atom. The first-order chi connectivity index (χ1) is 9.59. The monoisotopic (exact) mass is 274 g/mol. The van der Waals surface area contributed by atoms with Crippen LogP contribution in [-0.4, -0.2) is 5.78 Å². The highest BCUT2D eigenvalue weighted by Crippen LogP contribution is 2.18. The molecule has 1 atom stereocenters. The average molecular weight is 274 g/mol. The van der Waals surface area contributed by atoms with E-state index in [1.54, 1.807) is 0 Å². The fourth-order valence-corrected chi connectivity index (χ4v) is 2.54. The third-order valence-corrected chi connectivity index (χ3v) is 3.88. The smallest absolute Gasteiger partial charge is 0.162 e. The fourth-order valence-electron chi connectivity index (χ4n) is 2.54. The standard InChI is InChI=1S/C19H30O/c1-16(2)10-9-12-17(3)11-7-8-15-19(20)18-13-5-4-6-14-18/h5,10,13-14,17H,4,6-9,11-12,15H2,1-3H3. The summed E-state index contributed by atoms with van der Waals surface area (Å²) in [6, 6.07) is 0. The molecule has 0 fully saturated rings. The van der Waals surface area contributed by atoms with E-state index in [4.69, 9.17) is 0 Å². The summed E-state index contributed by atoms with van der Waals surface area (Å²) in [5.74, 6) is 1.10. The van der Waals surface area contributed by atoms with Crippen molar-refractivity contribution in [3.63, 3.8) is 0 Å². The van der Waals surface area contributed by atoms with Gasteiger partial charge in [-0.05, 0) is 51.9 Å². The Morgan fingerprint density at radius 2 is 2.05 bits per heavy atom. The lowest BCUT2D eigenvalue weighted by Gasteiger charge is -2.10. The molecular weight excluding hydrogens is 244 g/mol. The molecule has 0 spiro atoms. The van der Waals surface area contributed by atoms with Crippen LogP contribution in [0.5, 0.6) is 0 Å². The Kier molecular flexibility index (Phi) is 8.25. The van der Waals surface area contributed by atoms with Crippen molar-refractivity contribution in [2.75, 3.05) is 0 Å². The van der Waals surface area contributed by atoms with Gasteiger partial charge in [-0.2, -0.15) is 0 Å². The van der Waals surface area contributed by atoms with E-state index >= 15 is 0 Å². The third-order valence-electron chi connectivity index (χ3n) is 3.88. The van der Waals surface area contributed by atoms with Gasteiger partial charge in [-0.1, -0.05) is 49.6 Å². The SMILES string of the molecule is CC(C)=CCCC(C)CCCCC(=O)C1=CCCC=C1. The second kappa shape index (κ2) is 9.74. The van der Waals surface area contributed by atoms with Gasteiger partial charge in [-0.15, -0.1) is 0 Å². The molecule has 0 aromatic heterocycles. The molecule has 0 aliphatic heterocycles. The molecule has 1 unspecified atom stereocenters. The van der Waals surface area contributed by atoms with Crippen LogP contribution in [0, 0.1) is 5.92 Å². The van der Waals surface area contributed by atoms with Crippen LogP contribution in [0.1, 0.15) is 72.1 Å². The number of unbranched alkanes of at least 4 members (excludes halogenated alkanes) is 1. The molecule has 0 radical (unpaired) electrons. The van der Waals surface area contributed by atoms with Gasteiger partial charge in [-0.25, -0.2) is 0 Å². The summed E-state index contributed by atoms with van der Waals surface area (Å²) in [5.41, 5.74) is 2.35. The Bertz CT molecular complexity index is 381. The Balaban J connectivity index is 2.09. The van der Waals surface area contributed by atoms with Crippen molar-refractivity contribution in [1.29, 1.82) is 0 Å². The quantitative estimate of drug-likeness (QED) is 0.385. The van der Waals surface area contributed by atoms with Gasteiger partial charge in [0.25, 0.3) is 0 Å². The molecule has 1 rings (SSSR count). The second-order valence-electron chi connectivity index (χ2n) is 6.27. The van der Waals surface area contributed by atoms with Crippen molar-refractivity contribution in [2.45, 2.75) is 72.1 Å². The van der Waals surface area contributed by atoms with Gasteiger partial charge in [0, 0.05) is 12.0 Å². The highest BCUT2D eigenvalue weighted by Gasteiger charge is 2.08. The van der Waals surface area contributed by atoms with Crippen LogP contribution in [0.25, 0.3) is 0 Å². The zero-order valence-electron chi connectivity index (χ0n) is 13.5. The number of ketones is 1. The van der Waals surface area contributed by atoms with E-state index in [0.29, 0.717) is 5.78 Å². The van der Waals surface area contributed by atoms with Crippen molar-refractivity contribution in [2.24, 2.45) is 5.92 Å². The van der Waals surface area contributed by atoms with Gasteiger partial charge in [0.2, 0.25) is 0 Å². The van der Waals surface area contributed by atoms with Crippen LogP contribution in [0.2, 0.25) is 0 Å². The van der Waals surface area contributed by atoms with Crippen LogP contribution in [-0.2, 0) is 4.79 Å². The molecule has 1 heteroatoms. The largest absolute Gasteiger partial charge is 0.294 e. The third kappa shape index (κ3) is 7.47. The summed E-state index contributed by atoms with van der Waals surface area (Å²) < 4.78 is 0. The van der Waals surface area contributed by atoms with Crippen LogP contribution < -0.4 is 0 Å². The number of allylic oxidation sites excluding steroid dienone is 6. The minimum atomic E-state index is 0.332. The zero-order chi connectivity index (χ0) is 14.8. The maximum absolute atomic E-state index is 12.0. The van der Waals surface area contributed by atoms with E-state index in [2.05, 4.69) is 39.0 Å². The number of rotatable bonds is 9. The predicted molar refractivity (Wildman–Crippen MR) is 87.8 cm³/mol. The summed E-state index contributed by atoms with van der Waals surface area (Å²) in [4.78, 5) is 12.0. The fraction of sp³-hybridized carbons (Fsp3) is 0.632. The van der Waals surface area contributed by atoms with Gasteiger partial charge in [0.15, 0.2) is 5.78 Å². The van der Waals surface area contributed by atoms with Crippen molar-refractivity contribution < 1.29 is 4.79 Å². The van der Waals surface area contributed by atoms with Crippen LogP contribution in [0.4, 0.5) is 0 Å². The van der Waals surface area contributed by atoms with Crippen molar-refractivity contribution in [1.82, 2.24) is 0 Å². The molecular formula is C19H30O. The molecule has 1 nitrogen and oxygen atoms in total. The van der Waals surface area contributed by atoms with Gasteiger partial charge in [0.1, 0.15) is 0 Å². The molecule has 20 heavy (non-hydrogen) atoms. The van der Waals surface area contributed by atoms with E-state index in [1.165, 1.54) is 31.3 Å². The lowest BCUT2D eigenvalue weighted by atomic mass is 9.95. The molecule has 0 heterocycles. The predicted octanol–water partition coefficient (Wildman–Crippen LogP) is 5.77. The van der Waals surface area contributed by atoms with Gasteiger partial charge in [-0.3, -0.25) is 4.79 Å². The summed E-state index contributed by atoms with van der Waals surface area (Å²) in [5, 5.41) is 0. The maximum Gasteiger partial charge on any atom is 0.162 e. The number of carbonyl (C=O) groups is 1. The molecule has 0 N–H and O–H groups in total. The van der Waals surface area contributed by atoms with Gasteiger partial charge >= 0.3 is 0 Å². The maximum atomic E-state index is 12.0. The second-order valence-corrected chi connectivity index (χ2v) is 6.27. The van der Waals surface area contributed by atoms with Crippen molar-refractivity contribution in [3.8, 4) is 0 Å². The molecule has 1 aliphatic carbocycles. The minimum Gasteiger partial charge on any atom is -0.294 e. The van der Waals surface area contributed by atoms with Gasteiger partial charge in [0.05, 0.1) is 0 Å². The van der Waals surface area contributed by atoms with Crippen LogP contribution in [0.3, 0.4) is 0 Å².